The second kappa shape index (κ2) is 12.1. The minimum atomic E-state index is -0.764. The molecule has 2 aliphatic rings. The number of fused-ring (bicyclic) bond motifs is 2. The Balaban J connectivity index is 1.27. The number of imide groups is 1. The molecule has 226 valence electrons. The standard InChI is InChI=1S/C31H27N3O8S2/c1-39-19-9-5-17(6-10-19)32-23(35)15-42-21-13-4-16(14-22(21)41-3)24-25-27(43-28-26(24)44-31(38)33-28)30(37)34(29(25)36)18-7-11-20(40-2)12-8-18/h4-14,24-25,27H,15H2,1-3H3,(H,32,35)(H,33,38)/t24-,25?,27?/m1/s1. The third-order valence-electron chi connectivity index (χ3n) is 7.43. The normalized spacial score (nSPS) is 18.8. The van der Waals surface area contributed by atoms with E-state index in [2.05, 4.69) is 10.3 Å². The molecule has 2 N–H and O–H groups in total. The predicted molar refractivity (Wildman–Crippen MR) is 166 cm³/mol. The Labute approximate surface area is 260 Å². The fourth-order valence-electron chi connectivity index (χ4n) is 5.37. The van der Waals surface area contributed by atoms with E-state index >= 15 is 0 Å². The number of thiazole rings is 1. The molecule has 6 rings (SSSR count). The summed E-state index contributed by atoms with van der Waals surface area (Å²) in [4.78, 5) is 57.0. The summed E-state index contributed by atoms with van der Waals surface area (Å²) in [5, 5.41) is 2.59. The van der Waals surface area contributed by atoms with E-state index < -0.39 is 17.1 Å². The fourth-order valence-corrected chi connectivity index (χ4v) is 7.89. The molecule has 3 amide bonds. The summed E-state index contributed by atoms with van der Waals surface area (Å²) in [5.74, 6) is -0.517. The number of aromatic nitrogens is 1. The summed E-state index contributed by atoms with van der Waals surface area (Å²) < 4.78 is 21.7. The zero-order valence-electron chi connectivity index (χ0n) is 23.8. The maximum atomic E-state index is 14.0. The van der Waals surface area contributed by atoms with E-state index in [1.54, 1.807) is 73.8 Å². The van der Waals surface area contributed by atoms with Crippen LogP contribution in [-0.2, 0) is 14.4 Å². The van der Waals surface area contributed by atoms with Gasteiger partial charge in [0.05, 0.1) is 38.0 Å². The average molecular weight is 634 g/mol. The van der Waals surface area contributed by atoms with E-state index in [0.29, 0.717) is 49.8 Å². The molecule has 2 unspecified atom stereocenters. The van der Waals surface area contributed by atoms with Crippen LogP contribution < -0.4 is 34.0 Å². The number of nitrogens with one attached hydrogen (secondary N) is 2. The number of hydrogen-bond donors (Lipinski definition) is 2. The maximum Gasteiger partial charge on any atom is 0.305 e. The third kappa shape index (κ3) is 5.40. The minimum Gasteiger partial charge on any atom is -0.497 e. The Morgan fingerprint density at radius 1 is 0.864 bits per heavy atom. The van der Waals surface area contributed by atoms with Gasteiger partial charge in [0, 0.05) is 16.5 Å². The van der Waals surface area contributed by atoms with Crippen LogP contribution in [0.15, 0.2) is 76.6 Å². The summed E-state index contributed by atoms with van der Waals surface area (Å²) in [7, 11) is 4.57. The number of methoxy groups -OCH3 is 3. The van der Waals surface area contributed by atoms with Gasteiger partial charge in [0.25, 0.3) is 5.91 Å². The van der Waals surface area contributed by atoms with E-state index in [0.717, 1.165) is 11.3 Å². The van der Waals surface area contributed by atoms with Crippen LogP contribution >= 0.6 is 23.1 Å². The molecule has 44 heavy (non-hydrogen) atoms. The zero-order chi connectivity index (χ0) is 31.0. The first-order valence-electron chi connectivity index (χ1n) is 13.5. The molecular weight excluding hydrogens is 606 g/mol. The molecule has 0 bridgehead atoms. The molecule has 3 heterocycles. The van der Waals surface area contributed by atoms with Gasteiger partial charge in [0.1, 0.15) is 16.7 Å². The van der Waals surface area contributed by atoms with Crippen molar-refractivity contribution in [2.75, 3.05) is 38.2 Å². The molecule has 3 aromatic carbocycles. The van der Waals surface area contributed by atoms with Crippen LogP contribution in [0.1, 0.15) is 16.4 Å². The van der Waals surface area contributed by atoms with Crippen molar-refractivity contribution in [1.29, 1.82) is 0 Å². The van der Waals surface area contributed by atoms with Gasteiger partial charge >= 0.3 is 4.87 Å². The Bertz CT molecular complexity index is 1780. The molecule has 13 heteroatoms. The third-order valence-corrected chi connectivity index (χ3v) is 9.83. The molecule has 4 aromatic rings. The number of ether oxygens (including phenoxy) is 4. The van der Waals surface area contributed by atoms with Crippen molar-refractivity contribution >= 4 is 52.2 Å². The molecule has 1 saturated heterocycles. The highest BCUT2D eigenvalue weighted by Crippen LogP contribution is 2.53. The monoisotopic (exact) mass is 633 g/mol. The number of carbonyl (C=O) groups excluding carboxylic acids is 3. The Hall–Kier alpha value is -4.75. The van der Waals surface area contributed by atoms with E-state index in [-0.39, 0.29) is 29.2 Å². The van der Waals surface area contributed by atoms with Crippen molar-refractivity contribution in [3.05, 3.63) is 86.8 Å². The number of carbonyl (C=O) groups is 3. The number of benzene rings is 3. The number of amides is 3. The number of anilines is 2. The van der Waals surface area contributed by atoms with Gasteiger partial charge in [-0.05, 0) is 66.2 Å². The van der Waals surface area contributed by atoms with Crippen LogP contribution in [0.3, 0.4) is 0 Å². The summed E-state index contributed by atoms with van der Waals surface area (Å²) >= 11 is 2.22. The second-order valence-corrected chi connectivity index (χ2v) is 12.1. The molecule has 0 radical (unpaired) electrons. The van der Waals surface area contributed by atoms with Crippen LogP contribution in [0.25, 0.3) is 0 Å². The van der Waals surface area contributed by atoms with E-state index in [1.165, 1.54) is 30.9 Å². The molecule has 0 aliphatic carbocycles. The molecule has 0 saturated carbocycles. The van der Waals surface area contributed by atoms with Gasteiger partial charge in [-0.2, -0.15) is 0 Å². The molecule has 0 spiro atoms. The van der Waals surface area contributed by atoms with Crippen LogP contribution in [0.5, 0.6) is 23.0 Å². The highest BCUT2D eigenvalue weighted by Gasteiger charge is 2.56. The second-order valence-electron chi connectivity index (χ2n) is 9.94. The number of H-pyrrole nitrogens is 1. The lowest BCUT2D eigenvalue weighted by atomic mass is 9.83. The molecule has 3 atom stereocenters. The van der Waals surface area contributed by atoms with Crippen molar-refractivity contribution in [2.24, 2.45) is 5.92 Å². The summed E-state index contributed by atoms with van der Waals surface area (Å²) in [6.07, 6.45) is 0. The average Bonchev–Trinajstić information content (AvgIpc) is 3.54. The molecule has 1 fully saturated rings. The largest absolute Gasteiger partial charge is 0.497 e. The van der Waals surface area contributed by atoms with Crippen molar-refractivity contribution in [2.45, 2.75) is 16.2 Å². The number of hydrogen-bond acceptors (Lipinski definition) is 10. The van der Waals surface area contributed by atoms with Crippen LogP contribution in [0, 0.1) is 5.92 Å². The van der Waals surface area contributed by atoms with E-state index in [4.69, 9.17) is 18.9 Å². The lowest BCUT2D eigenvalue weighted by molar-refractivity contribution is -0.122. The summed E-state index contributed by atoms with van der Waals surface area (Å²) in [5.41, 5.74) is 1.70. The predicted octanol–water partition coefficient (Wildman–Crippen LogP) is 4.28. The van der Waals surface area contributed by atoms with E-state index in [9.17, 15) is 19.2 Å². The van der Waals surface area contributed by atoms with Gasteiger partial charge in [0.2, 0.25) is 11.8 Å². The maximum absolute atomic E-state index is 14.0. The Morgan fingerprint density at radius 2 is 1.55 bits per heavy atom. The Kier molecular flexibility index (Phi) is 8.06. The zero-order valence-corrected chi connectivity index (χ0v) is 25.5. The quantitative estimate of drug-likeness (QED) is 0.259. The summed E-state index contributed by atoms with van der Waals surface area (Å²) in [6.45, 7) is -0.278. The van der Waals surface area contributed by atoms with Gasteiger partial charge < -0.3 is 29.2 Å². The fraction of sp³-hybridized carbons (Fsp3) is 0.226. The SMILES string of the molecule is COc1ccc(NC(=O)COc2ccc([C@H]3c4sc(=O)[nH]c4SC4C(=O)N(c5ccc(OC)cc5)C(=O)C43)cc2OC)cc1. The van der Waals surface area contributed by atoms with Gasteiger partial charge in [-0.1, -0.05) is 29.2 Å². The van der Waals surface area contributed by atoms with Crippen molar-refractivity contribution in [3.63, 3.8) is 0 Å². The molecule has 1 aromatic heterocycles. The van der Waals surface area contributed by atoms with Gasteiger partial charge in [-0.25, -0.2) is 4.90 Å². The molecule has 2 aliphatic heterocycles. The van der Waals surface area contributed by atoms with Crippen molar-refractivity contribution < 1.29 is 33.3 Å². The topological polar surface area (TPSA) is 136 Å². The number of rotatable bonds is 9. The van der Waals surface area contributed by atoms with Crippen LogP contribution in [0.2, 0.25) is 0 Å². The van der Waals surface area contributed by atoms with E-state index in [1.807, 2.05) is 0 Å². The smallest absolute Gasteiger partial charge is 0.305 e. The Morgan fingerprint density at radius 3 is 2.20 bits per heavy atom. The highest BCUT2D eigenvalue weighted by atomic mass is 32.2. The number of aromatic amines is 1. The van der Waals surface area contributed by atoms with Crippen molar-refractivity contribution in [1.82, 2.24) is 4.98 Å². The minimum absolute atomic E-state index is 0.269. The van der Waals surface area contributed by atoms with Gasteiger partial charge in [-0.3, -0.25) is 19.2 Å². The lowest BCUT2D eigenvalue weighted by Gasteiger charge is -2.30. The first-order chi connectivity index (χ1) is 21.3. The summed E-state index contributed by atoms with van der Waals surface area (Å²) in [6, 6.07) is 18.8. The van der Waals surface area contributed by atoms with Gasteiger partial charge in [0.15, 0.2) is 18.1 Å². The lowest BCUT2D eigenvalue weighted by Crippen LogP contribution is -2.32. The van der Waals surface area contributed by atoms with Crippen LogP contribution in [-0.4, -0.2) is 55.9 Å². The number of thioether (sulfide) groups is 1. The first-order valence-corrected chi connectivity index (χ1v) is 15.2. The van der Waals surface area contributed by atoms with Gasteiger partial charge in [-0.15, -0.1) is 0 Å². The molecular formula is C31H27N3O8S2. The van der Waals surface area contributed by atoms with Crippen LogP contribution in [0.4, 0.5) is 11.4 Å². The van der Waals surface area contributed by atoms with Crippen molar-refractivity contribution in [3.8, 4) is 23.0 Å². The molecule has 11 nitrogen and oxygen atoms in total. The first kappa shape index (κ1) is 29.3. The highest BCUT2D eigenvalue weighted by molar-refractivity contribution is 8.00. The number of nitrogens with zero attached hydrogens (tertiary/aromatic N) is 1.